The largest absolute Gasteiger partial charge is 0.295 e. The second-order valence-corrected chi connectivity index (χ2v) is 5.21. The Morgan fingerprint density at radius 2 is 1.72 bits per heavy atom. The number of nitrogens with zero attached hydrogens (tertiary/aromatic N) is 2. The Morgan fingerprint density at radius 1 is 0.944 bits per heavy atom. The molecule has 0 aliphatic rings. The third-order valence-corrected chi connectivity index (χ3v) is 3.63. The molecule has 0 amide bonds. The summed E-state index contributed by atoms with van der Waals surface area (Å²) >= 11 is 0. The van der Waals surface area contributed by atoms with Gasteiger partial charge in [-0.3, -0.25) is 14.5 Å². The lowest BCUT2D eigenvalue weighted by atomic mass is 10.1. The van der Waals surface area contributed by atoms with Gasteiger partial charge in [0.1, 0.15) is 4.90 Å². The van der Waals surface area contributed by atoms with Crippen LogP contribution in [0.1, 0.15) is 0 Å². The SMILES string of the molecule is O=S(=O)(O)c1ccnc2c1ccc1cccnc12. The first-order valence-electron chi connectivity index (χ1n) is 5.17. The first-order valence-corrected chi connectivity index (χ1v) is 6.61. The maximum atomic E-state index is 11.3. The van der Waals surface area contributed by atoms with Crippen LogP contribution in [0.15, 0.2) is 47.6 Å². The Hall–Kier alpha value is -2.05. The van der Waals surface area contributed by atoms with E-state index in [0.717, 1.165) is 5.39 Å². The predicted octanol–water partition coefficient (Wildman–Crippen LogP) is 2.03. The van der Waals surface area contributed by atoms with E-state index in [9.17, 15) is 13.0 Å². The summed E-state index contributed by atoms with van der Waals surface area (Å²) in [5, 5.41) is 1.23. The van der Waals surface area contributed by atoms with Gasteiger partial charge in [-0.15, -0.1) is 0 Å². The highest BCUT2D eigenvalue weighted by Gasteiger charge is 2.15. The molecule has 0 aliphatic heterocycles. The molecule has 0 spiro atoms. The van der Waals surface area contributed by atoms with Gasteiger partial charge in [-0.25, -0.2) is 0 Å². The van der Waals surface area contributed by atoms with Crippen molar-refractivity contribution in [3.63, 3.8) is 0 Å². The zero-order valence-corrected chi connectivity index (χ0v) is 9.92. The van der Waals surface area contributed by atoms with Crippen LogP contribution in [0.5, 0.6) is 0 Å². The monoisotopic (exact) mass is 260 g/mol. The van der Waals surface area contributed by atoms with Crippen molar-refractivity contribution in [1.29, 1.82) is 0 Å². The Balaban J connectivity index is 2.56. The summed E-state index contributed by atoms with van der Waals surface area (Å²) in [6.07, 6.45) is 2.96. The van der Waals surface area contributed by atoms with Gasteiger partial charge in [-0.05, 0) is 12.1 Å². The Kier molecular flexibility index (Phi) is 2.29. The number of rotatable bonds is 1. The molecule has 0 saturated heterocycles. The van der Waals surface area contributed by atoms with Crippen molar-refractivity contribution in [3.8, 4) is 0 Å². The molecule has 0 fully saturated rings. The summed E-state index contributed by atoms with van der Waals surface area (Å²) < 4.78 is 31.8. The smallest absolute Gasteiger partial charge is 0.282 e. The molecule has 0 atom stereocenters. The van der Waals surface area contributed by atoms with Gasteiger partial charge in [-0.2, -0.15) is 8.42 Å². The van der Waals surface area contributed by atoms with Crippen molar-refractivity contribution in [1.82, 2.24) is 9.97 Å². The molecule has 1 aromatic carbocycles. The summed E-state index contributed by atoms with van der Waals surface area (Å²) in [6, 6.07) is 8.30. The van der Waals surface area contributed by atoms with E-state index < -0.39 is 10.1 Å². The van der Waals surface area contributed by atoms with Crippen LogP contribution >= 0.6 is 0 Å². The van der Waals surface area contributed by atoms with E-state index in [-0.39, 0.29) is 4.90 Å². The second kappa shape index (κ2) is 3.72. The summed E-state index contributed by atoms with van der Waals surface area (Å²) in [6.45, 7) is 0. The number of pyridine rings is 2. The van der Waals surface area contributed by atoms with Crippen LogP contribution in [0.25, 0.3) is 21.8 Å². The van der Waals surface area contributed by atoms with E-state index in [1.807, 2.05) is 6.07 Å². The van der Waals surface area contributed by atoms with Crippen LogP contribution in [-0.2, 0) is 10.1 Å². The van der Waals surface area contributed by atoms with Gasteiger partial charge in [0, 0.05) is 23.2 Å². The zero-order chi connectivity index (χ0) is 12.8. The average Bonchev–Trinajstić information content (AvgIpc) is 2.36. The molecule has 90 valence electrons. The number of aromatic nitrogens is 2. The molecular weight excluding hydrogens is 252 g/mol. The Bertz CT molecular complexity index is 859. The normalized spacial score (nSPS) is 12.1. The van der Waals surface area contributed by atoms with Crippen molar-refractivity contribution in [2.45, 2.75) is 4.90 Å². The molecule has 18 heavy (non-hydrogen) atoms. The zero-order valence-electron chi connectivity index (χ0n) is 9.11. The van der Waals surface area contributed by atoms with Gasteiger partial charge >= 0.3 is 0 Å². The number of hydrogen-bond acceptors (Lipinski definition) is 4. The molecule has 5 nitrogen and oxygen atoms in total. The third kappa shape index (κ3) is 1.62. The van der Waals surface area contributed by atoms with E-state index in [0.29, 0.717) is 16.4 Å². The quantitative estimate of drug-likeness (QED) is 0.535. The fourth-order valence-corrected chi connectivity index (χ4v) is 2.63. The minimum absolute atomic E-state index is 0.153. The standard InChI is InChI=1S/C12H8N2O3S/c15-18(16,17)10-5-7-14-12-9(10)4-3-8-2-1-6-13-11(8)12/h1-7H,(H,15,16,17). The highest BCUT2D eigenvalue weighted by atomic mass is 32.2. The molecule has 3 rings (SSSR count). The lowest BCUT2D eigenvalue weighted by molar-refractivity contribution is 0.484. The maximum absolute atomic E-state index is 11.3. The number of hydrogen-bond donors (Lipinski definition) is 1. The molecule has 0 bridgehead atoms. The molecule has 0 unspecified atom stereocenters. The first kappa shape index (κ1) is 11.1. The topological polar surface area (TPSA) is 80.2 Å². The van der Waals surface area contributed by atoms with Crippen LogP contribution in [0.2, 0.25) is 0 Å². The van der Waals surface area contributed by atoms with Gasteiger partial charge in [0.05, 0.1) is 11.0 Å². The van der Waals surface area contributed by atoms with Crippen molar-refractivity contribution >= 4 is 31.9 Å². The fraction of sp³-hybridized carbons (Fsp3) is 0. The molecule has 2 aromatic heterocycles. The van der Waals surface area contributed by atoms with Gasteiger partial charge in [0.15, 0.2) is 0 Å². The lowest BCUT2D eigenvalue weighted by Gasteiger charge is -2.05. The van der Waals surface area contributed by atoms with Gasteiger partial charge in [0.25, 0.3) is 10.1 Å². The van der Waals surface area contributed by atoms with Crippen LogP contribution in [0, 0.1) is 0 Å². The molecular formula is C12H8N2O3S. The predicted molar refractivity (Wildman–Crippen MR) is 66.9 cm³/mol. The van der Waals surface area contributed by atoms with Crippen LogP contribution < -0.4 is 0 Å². The molecule has 6 heteroatoms. The summed E-state index contributed by atoms with van der Waals surface area (Å²) in [4.78, 5) is 8.19. The van der Waals surface area contributed by atoms with Crippen molar-refractivity contribution in [3.05, 3.63) is 42.7 Å². The molecule has 3 aromatic rings. The maximum Gasteiger partial charge on any atom is 0.295 e. The van der Waals surface area contributed by atoms with Crippen molar-refractivity contribution in [2.24, 2.45) is 0 Å². The second-order valence-electron chi connectivity index (χ2n) is 3.82. The molecule has 0 radical (unpaired) electrons. The first-order chi connectivity index (χ1) is 8.57. The highest BCUT2D eigenvalue weighted by molar-refractivity contribution is 7.86. The Morgan fingerprint density at radius 3 is 2.50 bits per heavy atom. The van der Waals surface area contributed by atoms with Crippen LogP contribution in [0.3, 0.4) is 0 Å². The van der Waals surface area contributed by atoms with Gasteiger partial charge in [0.2, 0.25) is 0 Å². The molecule has 0 saturated carbocycles. The lowest BCUT2D eigenvalue weighted by Crippen LogP contribution is -2.00. The van der Waals surface area contributed by atoms with Crippen LogP contribution in [0.4, 0.5) is 0 Å². The van der Waals surface area contributed by atoms with E-state index in [1.165, 1.54) is 12.3 Å². The van der Waals surface area contributed by atoms with Gasteiger partial charge in [-0.1, -0.05) is 18.2 Å². The fourth-order valence-electron chi connectivity index (χ4n) is 1.95. The highest BCUT2D eigenvalue weighted by Crippen LogP contribution is 2.26. The molecule has 2 heterocycles. The van der Waals surface area contributed by atoms with Crippen molar-refractivity contribution < 1.29 is 13.0 Å². The summed E-state index contributed by atoms with van der Waals surface area (Å²) in [7, 11) is -4.27. The number of benzene rings is 1. The molecule has 1 N–H and O–H groups in total. The molecule has 0 aliphatic carbocycles. The van der Waals surface area contributed by atoms with E-state index in [4.69, 9.17) is 0 Å². The minimum Gasteiger partial charge on any atom is -0.282 e. The summed E-state index contributed by atoms with van der Waals surface area (Å²) in [5.74, 6) is 0. The van der Waals surface area contributed by atoms with Crippen LogP contribution in [-0.4, -0.2) is 22.9 Å². The van der Waals surface area contributed by atoms with E-state index in [1.54, 1.807) is 24.4 Å². The van der Waals surface area contributed by atoms with Crippen molar-refractivity contribution in [2.75, 3.05) is 0 Å². The number of fused-ring (bicyclic) bond motifs is 3. The third-order valence-electron chi connectivity index (χ3n) is 2.72. The average molecular weight is 260 g/mol. The Labute approximate surface area is 103 Å². The van der Waals surface area contributed by atoms with E-state index in [2.05, 4.69) is 9.97 Å². The minimum atomic E-state index is -4.27. The van der Waals surface area contributed by atoms with Gasteiger partial charge < -0.3 is 0 Å². The summed E-state index contributed by atoms with van der Waals surface area (Å²) in [5.41, 5.74) is 1.07. The van der Waals surface area contributed by atoms with E-state index >= 15 is 0 Å².